The minimum Gasteiger partial charge on any atom is -0.511 e. The maximum absolute atomic E-state index is 12.3. The fourth-order valence-corrected chi connectivity index (χ4v) is 4.62. The Balaban J connectivity index is 0.000000171. The standard InChI is InChI=1S/C19H16O4.C10H10O4/c20-15-10-12-4-1-2-6-14(12)18(15)16(21)11-13-5-3-7-17-19(13)23-9-8-22-17;11-9(12)6-7-2-1-3-8-10(7)14-5-4-13-8/h1-7,21H,8-11H2;1-3H,4-6H2,(H,11,12). The summed E-state index contributed by atoms with van der Waals surface area (Å²) >= 11 is 0. The fraction of sp³-hybridized carbons (Fsp3) is 0.241. The van der Waals surface area contributed by atoms with Crippen molar-refractivity contribution < 1.29 is 38.7 Å². The third-order valence-corrected chi connectivity index (χ3v) is 6.20. The van der Waals surface area contributed by atoms with E-state index in [-0.39, 0.29) is 24.4 Å². The molecular weight excluding hydrogens is 476 g/mol. The number of carbonyl (C=O) groups excluding carboxylic acids is 1. The highest BCUT2D eigenvalue weighted by molar-refractivity contribution is 6.25. The van der Waals surface area contributed by atoms with Crippen molar-refractivity contribution in [1.29, 1.82) is 0 Å². The number of fused-ring (bicyclic) bond motifs is 3. The average Bonchev–Trinajstić information content (AvgIpc) is 3.25. The molecule has 1 aliphatic carbocycles. The third-order valence-electron chi connectivity index (χ3n) is 6.20. The highest BCUT2D eigenvalue weighted by Gasteiger charge is 2.28. The minimum absolute atomic E-state index is 0.0352. The molecule has 3 aliphatic rings. The molecule has 8 nitrogen and oxygen atoms in total. The molecule has 0 saturated carbocycles. The molecule has 3 aromatic rings. The topological polar surface area (TPSA) is 112 Å². The maximum atomic E-state index is 12.3. The van der Waals surface area contributed by atoms with Crippen molar-refractivity contribution >= 4 is 17.3 Å². The van der Waals surface area contributed by atoms with Gasteiger partial charge in [-0.05, 0) is 23.3 Å². The van der Waals surface area contributed by atoms with Gasteiger partial charge in [0.05, 0.1) is 12.0 Å². The summed E-state index contributed by atoms with van der Waals surface area (Å²) in [5.74, 6) is 1.73. The molecule has 2 heterocycles. The van der Waals surface area contributed by atoms with Crippen LogP contribution in [0.4, 0.5) is 0 Å². The zero-order valence-corrected chi connectivity index (χ0v) is 20.1. The van der Waals surface area contributed by atoms with Crippen LogP contribution in [-0.2, 0) is 28.9 Å². The summed E-state index contributed by atoms with van der Waals surface area (Å²) in [4.78, 5) is 22.8. The van der Waals surface area contributed by atoms with Crippen molar-refractivity contribution in [1.82, 2.24) is 0 Å². The predicted molar refractivity (Wildman–Crippen MR) is 135 cm³/mol. The number of benzene rings is 3. The molecule has 37 heavy (non-hydrogen) atoms. The van der Waals surface area contributed by atoms with Gasteiger partial charge in [0.25, 0.3) is 0 Å². The van der Waals surface area contributed by atoms with E-state index in [2.05, 4.69) is 0 Å². The van der Waals surface area contributed by atoms with Crippen LogP contribution >= 0.6 is 0 Å². The van der Waals surface area contributed by atoms with Gasteiger partial charge >= 0.3 is 5.97 Å². The Morgan fingerprint density at radius 1 is 0.703 bits per heavy atom. The Morgan fingerprint density at radius 2 is 1.27 bits per heavy atom. The van der Waals surface area contributed by atoms with E-state index in [9.17, 15) is 14.7 Å². The Kier molecular flexibility index (Phi) is 6.98. The molecule has 6 rings (SSSR count). The summed E-state index contributed by atoms with van der Waals surface area (Å²) in [6, 6.07) is 18.5. The molecule has 2 N–H and O–H groups in total. The summed E-state index contributed by atoms with van der Waals surface area (Å²) in [5, 5.41) is 19.3. The van der Waals surface area contributed by atoms with E-state index < -0.39 is 5.97 Å². The summed E-state index contributed by atoms with van der Waals surface area (Å²) in [7, 11) is 0. The van der Waals surface area contributed by atoms with Crippen molar-refractivity contribution in [3.05, 3.63) is 88.7 Å². The van der Waals surface area contributed by atoms with Gasteiger partial charge in [-0.1, -0.05) is 48.5 Å². The first-order valence-electron chi connectivity index (χ1n) is 12.0. The first-order valence-corrected chi connectivity index (χ1v) is 12.0. The highest BCUT2D eigenvalue weighted by atomic mass is 16.6. The van der Waals surface area contributed by atoms with E-state index in [1.807, 2.05) is 42.5 Å². The molecule has 0 aromatic heterocycles. The lowest BCUT2D eigenvalue weighted by atomic mass is 10.0. The molecule has 0 amide bonds. The Hall–Kier alpha value is -4.46. The molecule has 190 valence electrons. The number of carbonyl (C=O) groups is 2. The number of ketones is 1. The number of aliphatic hydroxyl groups is 1. The van der Waals surface area contributed by atoms with E-state index in [0.717, 1.165) is 16.7 Å². The van der Waals surface area contributed by atoms with Crippen LogP contribution in [0.2, 0.25) is 0 Å². The van der Waals surface area contributed by atoms with Gasteiger partial charge in [0, 0.05) is 24.0 Å². The van der Waals surface area contributed by atoms with Gasteiger partial charge < -0.3 is 29.2 Å². The molecule has 0 saturated heterocycles. The zero-order valence-electron chi connectivity index (χ0n) is 20.1. The van der Waals surface area contributed by atoms with E-state index in [1.54, 1.807) is 18.2 Å². The van der Waals surface area contributed by atoms with Crippen LogP contribution in [0.15, 0.2) is 66.4 Å². The summed E-state index contributed by atoms with van der Waals surface area (Å²) in [6.45, 7) is 2.01. The molecular formula is C29H26O8. The monoisotopic (exact) mass is 502 g/mol. The second-order valence-electron chi connectivity index (χ2n) is 8.71. The van der Waals surface area contributed by atoms with Crippen LogP contribution in [0, 0.1) is 0 Å². The summed E-state index contributed by atoms with van der Waals surface area (Å²) in [5.41, 5.74) is 3.71. The number of allylic oxidation sites excluding steroid dienone is 2. The first-order chi connectivity index (χ1) is 18.0. The summed E-state index contributed by atoms with van der Waals surface area (Å²) < 4.78 is 21.9. The molecule has 0 spiro atoms. The molecule has 0 unspecified atom stereocenters. The smallest absolute Gasteiger partial charge is 0.307 e. The molecule has 2 aliphatic heterocycles. The largest absolute Gasteiger partial charge is 0.511 e. The third kappa shape index (κ3) is 5.23. The average molecular weight is 503 g/mol. The van der Waals surface area contributed by atoms with Crippen LogP contribution in [0.5, 0.6) is 23.0 Å². The number of carboxylic acids is 1. The number of aliphatic carboxylic acids is 1. The van der Waals surface area contributed by atoms with E-state index in [1.165, 1.54) is 0 Å². The second-order valence-corrected chi connectivity index (χ2v) is 8.71. The number of Topliss-reactive ketones (excluding diaryl/α,β-unsaturated/α-hetero) is 1. The number of para-hydroxylation sites is 2. The minimum atomic E-state index is -0.868. The molecule has 8 heteroatoms. The predicted octanol–water partition coefficient (Wildman–Crippen LogP) is 4.18. The van der Waals surface area contributed by atoms with E-state index in [0.29, 0.717) is 67.0 Å². The van der Waals surface area contributed by atoms with E-state index in [4.69, 9.17) is 24.1 Å². The first kappa shape index (κ1) is 24.2. The van der Waals surface area contributed by atoms with Gasteiger partial charge in [-0.15, -0.1) is 0 Å². The second kappa shape index (κ2) is 10.7. The SMILES string of the molecule is O=C(O)Cc1cccc2c1OCCO2.O=C1Cc2ccccc2C1=C(O)Cc1cccc2c1OCCO2. The number of hydrogen-bond donors (Lipinski definition) is 2. The molecule has 0 bridgehead atoms. The lowest BCUT2D eigenvalue weighted by Gasteiger charge is -2.21. The molecule has 3 aromatic carbocycles. The van der Waals surface area contributed by atoms with Gasteiger partial charge in [-0.2, -0.15) is 0 Å². The number of hydrogen-bond acceptors (Lipinski definition) is 7. The van der Waals surface area contributed by atoms with Gasteiger partial charge in [0.15, 0.2) is 28.8 Å². The maximum Gasteiger partial charge on any atom is 0.307 e. The lowest BCUT2D eigenvalue weighted by Crippen LogP contribution is -2.17. The fourth-order valence-electron chi connectivity index (χ4n) is 4.62. The van der Waals surface area contributed by atoms with Crippen molar-refractivity contribution in [3.8, 4) is 23.0 Å². The quantitative estimate of drug-likeness (QED) is 0.404. The van der Waals surface area contributed by atoms with Crippen molar-refractivity contribution in [2.75, 3.05) is 26.4 Å². The Labute approximate surface area is 213 Å². The van der Waals surface area contributed by atoms with Crippen molar-refractivity contribution in [2.24, 2.45) is 0 Å². The zero-order chi connectivity index (χ0) is 25.8. The number of carboxylic acid groups (broad SMARTS) is 1. The molecule has 0 radical (unpaired) electrons. The van der Waals surface area contributed by atoms with Gasteiger partial charge in [0.1, 0.15) is 32.2 Å². The highest BCUT2D eigenvalue weighted by Crippen LogP contribution is 2.37. The van der Waals surface area contributed by atoms with Crippen LogP contribution in [-0.4, -0.2) is 48.4 Å². The van der Waals surface area contributed by atoms with Crippen LogP contribution in [0.25, 0.3) is 5.57 Å². The van der Waals surface area contributed by atoms with Gasteiger partial charge in [-0.3, -0.25) is 9.59 Å². The Bertz CT molecular complexity index is 1370. The summed E-state index contributed by atoms with van der Waals surface area (Å²) in [6.07, 6.45) is 0.566. The number of ether oxygens (including phenoxy) is 4. The number of aliphatic hydroxyl groups excluding tert-OH is 1. The van der Waals surface area contributed by atoms with Crippen LogP contribution in [0.3, 0.4) is 0 Å². The molecule has 0 atom stereocenters. The van der Waals surface area contributed by atoms with Gasteiger partial charge in [-0.25, -0.2) is 0 Å². The lowest BCUT2D eigenvalue weighted by molar-refractivity contribution is -0.136. The van der Waals surface area contributed by atoms with E-state index >= 15 is 0 Å². The Morgan fingerprint density at radius 3 is 1.89 bits per heavy atom. The molecule has 0 fully saturated rings. The van der Waals surface area contributed by atoms with Crippen molar-refractivity contribution in [2.45, 2.75) is 19.3 Å². The van der Waals surface area contributed by atoms with Crippen molar-refractivity contribution in [3.63, 3.8) is 0 Å². The van der Waals surface area contributed by atoms with Crippen LogP contribution < -0.4 is 18.9 Å². The normalized spacial score (nSPS) is 16.3. The van der Waals surface area contributed by atoms with Gasteiger partial charge in [0.2, 0.25) is 0 Å². The number of rotatable bonds is 4. The van der Waals surface area contributed by atoms with Crippen LogP contribution in [0.1, 0.15) is 22.3 Å².